The third-order valence-corrected chi connectivity index (χ3v) is 4.00. The van der Waals surface area contributed by atoms with Gasteiger partial charge in [0.2, 0.25) is 0 Å². The Labute approximate surface area is 105 Å². The smallest absolute Gasteiger partial charge is 0.178 e. The second kappa shape index (κ2) is 3.88. The van der Waals surface area contributed by atoms with Crippen LogP contribution in [0.4, 0.5) is 0 Å². The first kappa shape index (κ1) is 10.8. The summed E-state index contributed by atoms with van der Waals surface area (Å²) >= 11 is 5.38. The van der Waals surface area contributed by atoms with E-state index < -0.39 is 0 Å². The van der Waals surface area contributed by atoms with Crippen LogP contribution in [0.15, 0.2) is 18.2 Å². The maximum atomic E-state index is 5.38. The number of fused-ring (bicyclic) bond motifs is 1. The van der Waals surface area contributed by atoms with Crippen LogP contribution in [-0.4, -0.2) is 16.7 Å². The summed E-state index contributed by atoms with van der Waals surface area (Å²) in [6.45, 7) is 3.33. The van der Waals surface area contributed by atoms with Gasteiger partial charge in [0.15, 0.2) is 4.77 Å². The second-order valence-corrected chi connectivity index (χ2v) is 5.28. The fourth-order valence-corrected chi connectivity index (χ4v) is 2.62. The van der Waals surface area contributed by atoms with Crippen LogP contribution in [0.5, 0.6) is 5.75 Å². The lowest BCUT2D eigenvalue weighted by Crippen LogP contribution is -2.00. The van der Waals surface area contributed by atoms with Gasteiger partial charge in [-0.2, -0.15) is 0 Å². The molecule has 1 aromatic heterocycles. The number of hydrogen-bond donors (Lipinski definition) is 1. The molecule has 1 saturated carbocycles. The molecule has 3 nitrogen and oxygen atoms in total. The molecule has 2 aromatic rings. The summed E-state index contributed by atoms with van der Waals surface area (Å²) in [5, 5.41) is 0. The number of aromatic amines is 1. The molecule has 1 aliphatic rings. The van der Waals surface area contributed by atoms with E-state index in [2.05, 4.69) is 22.5 Å². The van der Waals surface area contributed by atoms with E-state index in [4.69, 9.17) is 17.0 Å². The maximum absolute atomic E-state index is 5.38. The second-order valence-electron chi connectivity index (χ2n) is 4.90. The van der Waals surface area contributed by atoms with Crippen molar-refractivity contribution in [1.82, 2.24) is 9.55 Å². The van der Waals surface area contributed by atoms with E-state index in [0.29, 0.717) is 0 Å². The zero-order valence-corrected chi connectivity index (χ0v) is 10.9. The molecule has 0 saturated heterocycles. The van der Waals surface area contributed by atoms with E-state index in [1.54, 1.807) is 7.11 Å². The average Bonchev–Trinajstić information content (AvgIpc) is 2.92. The van der Waals surface area contributed by atoms with Crippen molar-refractivity contribution in [3.8, 4) is 5.75 Å². The lowest BCUT2D eigenvalue weighted by Gasteiger charge is -2.04. The summed E-state index contributed by atoms with van der Waals surface area (Å²) in [7, 11) is 1.68. The van der Waals surface area contributed by atoms with Crippen LogP contribution in [0.25, 0.3) is 11.0 Å². The van der Waals surface area contributed by atoms with Gasteiger partial charge in [-0.15, -0.1) is 0 Å². The molecule has 4 heteroatoms. The van der Waals surface area contributed by atoms with Crippen LogP contribution in [0.2, 0.25) is 0 Å². The van der Waals surface area contributed by atoms with E-state index in [-0.39, 0.29) is 0 Å². The summed E-state index contributed by atoms with van der Waals surface area (Å²) in [4.78, 5) is 3.25. The molecular weight excluding hydrogens is 232 g/mol. The Morgan fingerprint density at radius 3 is 2.94 bits per heavy atom. The van der Waals surface area contributed by atoms with Crippen molar-refractivity contribution in [2.75, 3.05) is 7.11 Å². The van der Waals surface area contributed by atoms with Gasteiger partial charge in [-0.3, -0.25) is 0 Å². The van der Waals surface area contributed by atoms with Crippen molar-refractivity contribution in [2.24, 2.45) is 11.8 Å². The summed E-state index contributed by atoms with van der Waals surface area (Å²) < 4.78 is 8.24. The highest BCUT2D eigenvalue weighted by molar-refractivity contribution is 7.71. The number of nitrogens with zero attached hydrogens (tertiary/aromatic N) is 1. The Morgan fingerprint density at radius 1 is 1.53 bits per heavy atom. The monoisotopic (exact) mass is 248 g/mol. The van der Waals surface area contributed by atoms with Crippen LogP contribution in [0.3, 0.4) is 0 Å². The summed E-state index contributed by atoms with van der Waals surface area (Å²) in [6, 6.07) is 6.06. The number of nitrogens with one attached hydrogen (secondary N) is 1. The fourth-order valence-electron chi connectivity index (χ4n) is 2.34. The molecule has 1 aliphatic carbocycles. The third-order valence-electron chi connectivity index (χ3n) is 3.67. The summed E-state index contributed by atoms with van der Waals surface area (Å²) in [5.74, 6) is 2.50. The van der Waals surface area contributed by atoms with Crippen molar-refractivity contribution < 1.29 is 4.74 Å². The maximum Gasteiger partial charge on any atom is 0.178 e. The van der Waals surface area contributed by atoms with Gasteiger partial charge in [-0.1, -0.05) is 6.92 Å². The molecule has 1 heterocycles. The Kier molecular flexibility index (Phi) is 2.47. The zero-order chi connectivity index (χ0) is 12.0. The standard InChI is InChI=1S/C13H16N2OS/c1-8-5-9(8)7-15-12-4-3-10(16-2)6-11(12)14-13(15)17/h3-4,6,8-9H,5,7H2,1-2H3,(H,14,17). The highest BCUT2D eigenvalue weighted by atomic mass is 32.1. The predicted octanol–water partition coefficient (Wildman–Crippen LogP) is 3.36. The molecule has 0 aliphatic heterocycles. The number of methoxy groups -OCH3 is 1. The molecule has 90 valence electrons. The van der Waals surface area contributed by atoms with Crippen LogP contribution in [0.1, 0.15) is 13.3 Å². The van der Waals surface area contributed by atoms with Gasteiger partial charge in [0.05, 0.1) is 18.1 Å². The van der Waals surface area contributed by atoms with Gasteiger partial charge in [0.25, 0.3) is 0 Å². The van der Waals surface area contributed by atoms with Crippen LogP contribution in [0, 0.1) is 16.6 Å². The van der Waals surface area contributed by atoms with Crippen molar-refractivity contribution in [3.63, 3.8) is 0 Å². The Bertz CT molecular complexity index is 613. The lowest BCUT2D eigenvalue weighted by molar-refractivity contribution is 0.415. The minimum absolute atomic E-state index is 0.794. The Morgan fingerprint density at radius 2 is 2.29 bits per heavy atom. The quantitative estimate of drug-likeness (QED) is 0.844. The average molecular weight is 248 g/mol. The molecule has 1 N–H and O–H groups in total. The molecule has 17 heavy (non-hydrogen) atoms. The first-order chi connectivity index (χ1) is 8.19. The van der Waals surface area contributed by atoms with Gasteiger partial charge >= 0.3 is 0 Å². The van der Waals surface area contributed by atoms with Crippen LogP contribution >= 0.6 is 12.2 Å². The first-order valence-electron chi connectivity index (χ1n) is 5.95. The van der Waals surface area contributed by atoms with E-state index in [9.17, 15) is 0 Å². The minimum atomic E-state index is 0.794. The SMILES string of the molecule is COc1ccc2c(c1)[nH]c(=S)n2CC1CC1C. The van der Waals surface area contributed by atoms with E-state index in [1.165, 1.54) is 11.9 Å². The fraction of sp³-hybridized carbons (Fsp3) is 0.462. The van der Waals surface area contributed by atoms with E-state index >= 15 is 0 Å². The number of ether oxygens (including phenoxy) is 1. The molecule has 0 amide bonds. The van der Waals surface area contributed by atoms with Crippen LogP contribution < -0.4 is 4.74 Å². The van der Waals surface area contributed by atoms with Gasteiger partial charge in [-0.25, -0.2) is 0 Å². The highest BCUT2D eigenvalue weighted by Crippen LogP contribution is 2.39. The molecule has 2 unspecified atom stereocenters. The van der Waals surface area contributed by atoms with Gasteiger partial charge in [-0.05, 0) is 42.6 Å². The molecular formula is C13H16N2OS. The molecule has 0 radical (unpaired) electrons. The van der Waals surface area contributed by atoms with Gasteiger partial charge < -0.3 is 14.3 Å². The summed E-state index contributed by atoms with van der Waals surface area (Å²) in [5.41, 5.74) is 2.23. The number of rotatable bonds is 3. The molecule has 3 rings (SSSR count). The topological polar surface area (TPSA) is 29.9 Å². The van der Waals surface area contributed by atoms with E-state index in [1.807, 2.05) is 12.1 Å². The zero-order valence-electron chi connectivity index (χ0n) is 10.1. The molecule has 0 spiro atoms. The first-order valence-corrected chi connectivity index (χ1v) is 6.36. The largest absolute Gasteiger partial charge is 0.497 e. The van der Waals surface area contributed by atoms with Crippen molar-refractivity contribution in [1.29, 1.82) is 0 Å². The minimum Gasteiger partial charge on any atom is -0.497 e. The predicted molar refractivity (Wildman–Crippen MR) is 70.9 cm³/mol. The third kappa shape index (κ3) is 1.86. The van der Waals surface area contributed by atoms with Gasteiger partial charge in [0, 0.05) is 12.6 Å². The van der Waals surface area contributed by atoms with E-state index in [0.717, 1.165) is 34.4 Å². The molecule has 0 bridgehead atoms. The number of aromatic nitrogens is 2. The number of benzene rings is 1. The molecule has 1 aromatic carbocycles. The summed E-state index contributed by atoms with van der Waals surface area (Å²) in [6.07, 6.45) is 1.32. The van der Waals surface area contributed by atoms with Crippen molar-refractivity contribution in [2.45, 2.75) is 19.9 Å². The van der Waals surface area contributed by atoms with Crippen molar-refractivity contribution in [3.05, 3.63) is 23.0 Å². The van der Waals surface area contributed by atoms with Gasteiger partial charge in [0.1, 0.15) is 5.75 Å². The Hall–Kier alpha value is -1.29. The lowest BCUT2D eigenvalue weighted by atomic mass is 10.3. The molecule has 1 fully saturated rings. The van der Waals surface area contributed by atoms with Crippen molar-refractivity contribution >= 4 is 23.3 Å². The number of hydrogen-bond acceptors (Lipinski definition) is 2. The Balaban J connectivity index is 2.05. The highest BCUT2D eigenvalue weighted by Gasteiger charge is 2.33. The number of H-pyrrole nitrogens is 1. The number of imidazole rings is 1. The molecule has 2 atom stereocenters. The normalized spacial score (nSPS) is 22.9. The van der Waals surface area contributed by atoms with Crippen LogP contribution in [-0.2, 0) is 6.54 Å².